The van der Waals surface area contributed by atoms with E-state index in [1.165, 1.54) is 0 Å². The maximum atomic E-state index is 5.69. The van der Waals surface area contributed by atoms with Crippen LogP contribution in [0.4, 0.5) is 11.8 Å². The molecule has 5 heteroatoms. The van der Waals surface area contributed by atoms with Gasteiger partial charge in [-0.2, -0.15) is 4.98 Å². The molecule has 1 aromatic heterocycles. The lowest BCUT2D eigenvalue weighted by atomic mass is 10.3. The summed E-state index contributed by atoms with van der Waals surface area (Å²) in [5, 5.41) is 0. The Balaban J connectivity index is 2.20. The Morgan fingerprint density at radius 2 is 2.33 bits per heavy atom. The van der Waals surface area contributed by atoms with E-state index in [2.05, 4.69) is 14.9 Å². The van der Waals surface area contributed by atoms with Crippen LogP contribution < -0.4 is 10.6 Å². The van der Waals surface area contributed by atoms with E-state index in [1.807, 2.05) is 13.8 Å². The molecule has 1 aliphatic rings. The molecule has 0 radical (unpaired) electrons. The zero-order valence-electron chi connectivity index (χ0n) is 9.10. The van der Waals surface area contributed by atoms with Crippen molar-refractivity contribution in [3.63, 3.8) is 0 Å². The Hall–Kier alpha value is -1.36. The van der Waals surface area contributed by atoms with E-state index in [4.69, 9.17) is 10.5 Å². The SMILES string of the molecule is Cc1cc(N)nc(N2CCOC(C)C2)n1. The van der Waals surface area contributed by atoms with Crippen LogP contribution in [-0.2, 0) is 4.74 Å². The molecule has 2 heterocycles. The summed E-state index contributed by atoms with van der Waals surface area (Å²) in [5.41, 5.74) is 6.59. The number of hydrogen-bond acceptors (Lipinski definition) is 5. The quantitative estimate of drug-likeness (QED) is 0.732. The van der Waals surface area contributed by atoms with Crippen LogP contribution in [0.5, 0.6) is 0 Å². The fourth-order valence-corrected chi connectivity index (χ4v) is 1.72. The van der Waals surface area contributed by atoms with Gasteiger partial charge in [0.1, 0.15) is 5.82 Å². The van der Waals surface area contributed by atoms with Crippen LogP contribution in [0.3, 0.4) is 0 Å². The van der Waals surface area contributed by atoms with E-state index >= 15 is 0 Å². The predicted octanol–water partition coefficient (Wildman–Crippen LogP) is 0.592. The Morgan fingerprint density at radius 1 is 1.53 bits per heavy atom. The second-order valence-electron chi connectivity index (χ2n) is 3.86. The molecule has 82 valence electrons. The van der Waals surface area contributed by atoms with Crippen LogP contribution in [0.2, 0.25) is 0 Å². The molecule has 0 bridgehead atoms. The van der Waals surface area contributed by atoms with Gasteiger partial charge in [0, 0.05) is 24.8 Å². The van der Waals surface area contributed by atoms with Crippen LogP contribution in [0.25, 0.3) is 0 Å². The molecule has 1 aromatic rings. The smallest absolute Gasteiger partial charge is 0.227 e. The maximum Gasteiger partial charge on any atom is 0.227 e. The average Bonchev–Trinajstić information content (AvgIpc) is 2.16. The summed E-state index contributed by atoms with van der Waals surface area (Å²) >= 11 is 0. The lowest BCUT2D eigenvalue weighted by Gasteiger charge is -2.31. The minimum atomic E-state index is 0.226. The lowest BCUT2D eigenvalue weighted by Crippen LogP contribution is -2.42. The number of morpholine rings is 1. The van der Waals surface area contributed by atoms with Crippen molar-refractivity contribution in [2.75, 3.05) is 30.3 Å². The van der Waals surface area contributed by atoms with Crippen LogP contribution in [0.1, 0.15) is 12.6 Å². The first-order valence-corrected chi connectivity index (χ1v) is 5.13. The Kier molecular flexibility index (Phi) is 2.73. The van der Waals surface area contributed by atoms with Gasteiger partial charge in [-0.25, -0.2) is 4.98 Å². The van der Waals surface area contributed by atoms with Crippen molar-refractivity contribution in [2.45, 2.75) is 20.0 Å². The highest BCUT2D eigenvalue weighted by atomic mass is 16.5. The lowest BCUT2D eigenvalue weighted by molar-refractivity contribution is 0.0526. The topological polar surface area (TPSA) is 64.3 Å². The molecule has 0 spiro atoms. The standard InChI is InChI=1S/C10H16N4O/c1-7-5-9(11)13-10(12-7)14-3-4-15-8(2)6-14/h5,8H,3-4,6H2,1-2H3,(H2,11,12,13). The first-order chi connectivity index (χ1) is 7.15. The van der Waals surface area contributed by atoms with Crippen molar-refractivity contribution in [3.05, 3.63) is 11.8 Å². The minimum absolute atomic E-state index is 0.226. The first kappa shape index (κ1) is 10.2. The number of anilines is 2. The van der Waals surface area contributed by atoms with Crippen molar-refractivity contribution >= 4 is 11.8 Å². The summed E-state index contributed by atoms with van der Waals surface area (Å²) in [6, 6.07) is 1.77. The molecule has 1 unspecified atom stereocenters. The number of nitrogens with two attached hydrogens (primary N) is 1. The third kappa shape index (κ3) is 2.36. The van der Waals surface area contributed by atoms with Crippen molar-refractivity contribution in [1.82, 2.24) is 9.97 Å². The highest BCUT2D eigenvalue weighted by Gasteiger charge is 2.19. The van der Waals surface area contributed by atoms with Crippen LogP contribution in [-0.4, -0.2) is 35.8 Å². The molecule has 0 saturated carbocycles. The average molecular weight is 208 g/mol. The number of nitrogen functional groups attached to an aromatic ring is 1. The summed E-state index contributed by atoms with van der Waals surface area (Å²) in [5.74, 6) is 1.24. The third-order valence-corrected chi connectivity index (χ3v) is 2.39. The summed E-state index contributed by atoms with van der Waals surface area (Å²) in [7, 11) is 0. The zero-order valence-corrected chi connectivity index (χ0v) is 9.10. The van der Waals surface area contributed by atoms with Gasteiger partial charge in [-0.1, -0.05) is 0 Å². The van der Waals surface area contributed by atoms with Gasteiger partial charge < -0.3 is 15.4 Å². The van der Waals surface area contributed by atoms with Gasteiger partial charge >= 0.3 is 0 Å². The van der Waals surface area contributed by atoms with Gasteiger partial charge in [-0.05, 0) is 13.8 Å². The number of rotatable bonds is 1. The van der Waals surface area contributed by atoms with Gasteiger partial charge in [0.05, 0.1) is 12.7 Å². The van der Waals surface area contributed by atoms with E-state index in [9.17, 15) is 0 Å². The molecule has 15 heavy (non-hydrogen) atoms. The molecule has 1 aliphatic heterocycles. The highest BCUT2D eigenvalue weighted by Crippen LogP contribution is 2.14. The van der Waals surface area contributed by atoms with E-state index in [0.29, 0.717) is 11.8 Å². The van der Waals surface area contributed by atoms with E-state index in [1.54, 1.807) is 6.07 Å². The Labute approximate surface area is 89.3 Å². The monoisotopic (exact) mass is 208 g/mol. The second-order valence-corrected chi connectivity index (χ2v) is 3.86. The second kappa shape index (κ2) is 4.02. The number of aromatic nitrogens is 2. The Morgan fingerprint density at radius 3 is 3.00 bits per heavy atom. The van der Waals surface area contributed by atoms with Gasteiger partial charge in [0.15, 0.2) is 0 Å². The molecule has 0 aromatic carbocycles. The van der Waals surface area contributed by atoms with Gasteiger partial charge in [0.2, 0.25) is 5.95 Å². The fraction of sp³-hybridized carbons (Fsp3) is 0.600. The summed E-state index contributed by atoms with van der Waals surface area (Å²) in [6.07, 6.45) is 0.226. The van der Waals surface area contributed by atoms with Crippen LogP contribution >= 0.6 is 0 Å². The first-order valence-electron chi connectivity index (χ1n) is 5.13. The van der Waals surface area contributed by atoms with Gasteiger partial charge in [-0.3, -0.25) is 0 Å². The molecular formula is C10H16N4O. The number of hydrogen-bond donors (Lipinski definition) is 1. The molecule has 1 atom stereocenters. The van der Waals surface area contributed by atoms with E-state index < -0.39 is 0 Å². The van der Waals surface area contributed by atoms with Crippen LogP contribution in [0, 0.1) is 6.92 Å². The molecule has 5 nitrogen and oxygen atoms in total. The van der Waals surface area contributed by atoms with Crippen molar-refractivity contribution in [1.29, 1.82) is 0 Å². The summed E-state index contributed by atoms with van der Waals surface area (Å²) in [4.78, 5) is 10.7. The van der Waals surface area contributed by atoms with Crippen molar-refractivity contribution < 1.29 is 4.74 Å². The van der Waals surface area contributed by atoms with E-state index in [0.717, 1.165) is 25.4 Å². The van der Waals surface area contributed by atoms with Gasteiger partial charge in [-0.15, -0.1) is 0 Å². The zero-order chi connectivity index (χ0) is 10.8. The number of ether oxygens (including phenoxy) is 1. The summed E-state index contributed by atoms with van der Waals surface area (Å²) < 4.78 is 5.46. The molecule has 2 rings (SSSR count). The summed E-state index contributed by atoms with van der Waals surface area (Å²) in [6.45, 7) is 6.34. The normalized spacial score (nSPS) is 21.7. The molecule has 1 fully saturated rings. The molecule has 0 amide bonds. The predicted molar refractivity (Wildman–Crippen MR) is 58.8 cm³/mol. The maximum absolute atomic E-state index is 5.69. The minimum Gasteiger partial charge on any atom is -0.384 e. The molecule has 0 aliphatic carbocycles. The number of aryl methyl sites for hydroxylation is 1. The fourth-order valence-electron chi connectivity index (χ4n) is 1.72. The molecular weight excluding hydrogens is 192 g/mol. The van der Waals surface area contributed by atoms with Crippen molar-refractivity contribution in [2.24, 2.45) is 0 Å². The third-order valence-electron chi connectivity index (χ3n) is 2.39. The largest absolute Gasteiger partial charge is 0.384 e. The molecule has 1 saturated heterocycles. The molecule has 2 N–H and O–H groups in total. The van der Waals surface area contributed by atoms with Gasteiger partial charge in [0.25, 0.3) is 0 Å². The highest BCUT2D eigenvalue weighted by molar-refractivity contribution is 5.40. The van der Waals surface area contributed by atoms with Crippen LogP contribution in [0.15, 0.2) is 6.07 Å². The Bertz CT molecular complexity index is 335. The van der Waals surface area contributed by atoms with E-state index in [-0.39, 0.29) is 6.10 Å². The number of nitrogens with zero attached hydrogens (tertiary/aromatic N) is 3. The van der Waals surface area contributed by atoms with Crippen molar-refractivity contribution in [3.8, 4) is 0 Å².